The Morgan fingerprint density at radius 2 is 2.04 bits per heavy atom. The molecule has 1 atom stereocenters. The fourth-order valence-corrected chi connectivity index (χ4v) is 3.17. The fourth-order valence-electron chi connectivity index (χ4n) is 3.17. The molecule has 1 fully saturated rings. The monoisotopic (exact) mass is 310 g/mol. The maximum Gasteiger partial charge on any atom is 0.307 e. The van der Waals surface area contributed by atoms with Crippen LogP contribution in [0.2, 0.25) is 0 Å². The number of carboxylic acid groups (broad SMARTS) is 1. The quantitative estimate of drug-likeness (QED) is 0.918. The van der Waals surface area contributed by atoms with Gasteiger partial charge in [0, 0.05) is 17.8 Å². The molecule has 2 aromatic rings. The maximum atomic E-state index is 10.7. The Bertz CT molecular complexity index is 676. The molecule has 2 heterocycles. The van der Waals surface area contributed by atoms with Gasteiger partial charge in [0.2, 0.25) is 0 Å². The molecule has 1 aromatic carbocycles. The maximum absolute atomic E-state index is 10.7. The summed E-state index contributed by atoms with van der Waals surface area (Å²) >= 11 is 0. The highest BCUT2D eigenvalue weighted by Gasteiger charge is 2.19. The summed E-state index contributed by atoms with van der Waals surface area (Å²) in [5.41, 5.74) is 3.99. The molecule has 4 heteroatoms. The van der Waals surface area contributed by atoms with Crippen LogP contribution in [0, 0.1) is 0 Å². The van der Waals surface area contributed by atoms with Gasteiger partial charge in [0.05, 0.1) is 12.1 Å². The lowest BCUT2D eigenvalue weighted by Gasteiger charge is -2.24. The molecule has 0 bridgehead atoms. The van der Waals surface area contributed by atoms with Crippen molar-refractivity contribution in [1.29, 1.82) is 0 Å². The number of likely N-dealkylation sites (tertiary alicyclic amines) is 1. The molecule has 0 spiro atoms. The van der Waals surface area contributed by atoms with Gasteiger partial charge in [-0.3, -0.25) is 14.7 Å². The van der Waals surface area contributed by atoms with Gasteiger partial charge >= 0.3 is 5.97 Å². The van der Waals surface area contributed by atoms with E-state index in [4.69, 9.17) is 5.11 Å². The number of carbonyl (C=O) groups is 1. The fraction of sp³-hybridized carbons (Fsp3) is 0.368. The van der Waals surface area contributed by atoms with E-state index in [1.54, 1.807) is 6.20 Å². The summed E-state index contributed by atoms with van der Waals surface area (Å²) in [6.07, 6.45) is 4.24. The lowest BCUT2D eigenvalue weighted by Crippen LogP contribution is -2.23. The van der Waals surface area contributed by atoms with Crippen molar-refractivity contribution in [2.24, 2.45) is 0 Å². The zero-order valence-electron chi connectivity index (χ0n) is 13.4. The highest BCUT2D eigenvalue weighted by atomic mass is 16.4. The first kappa shape index (κ1) is 15.7. The van der Waals surface area contributed by atoms with Crippen molar-refractivity contribution in [3.63, 3.8) is 0 Å². The van der Waals surface area contributed by atoms with Gasteiger partial charge in [-0.25, -0.2) is 0 Å². The van der Waals surface area contributed by atoms with E-state index in [0.29, 0.717) is 6.04 Å². The van der Waals surface area contributed by atoms with Gasteiger partial charge in [-0.05, 0) is 56.1 Å². The molecule has 0 radical (unpaired) electrons. The van der Waals surface area contributed by atoms with E-state index in [0.717, 1.165) is 16.8 Å². The average Bonchev–Trinajstić information content (AvgIpc) is 3.09. The van der Waals surface area contributed by atoms with Crippen molar-refractivity contribution in [3.8, 4) is 11.3 Å². The minimum atomic E-state index is -0.832. The van der Waals surface area contributed by atoms with Crippen LogP contribution in [-0.2, 0) is 11.2 Å². The van der Waals surface area contributed by atoms with Gasteiger partial charge < -0.3 is 5.11 Å². The first-order valence-electron chi connectivity index (χ1n) is 8.14. The van der Waals surface area contributed by atoms with Gasteiger partial charge in [0.15, 0.2) is 0 Å². The van der Waals surface area contributed by atoms with Gasteiger partial charge in [0.25, 0.3) is 0 Å². The molecule has 1 unspecified atom stereocenters. The molecule has 0 saturated carbocycles. The van der Waals surface area contributed by atoms with Crippen molar-refractivity contribution in [3.05, 3.63) is 53.7 Å². The molecule has 0 amide bonds. The lowest BCUT2D eigenvalue weighted by molar-refractivity contribution is -0.136. The standard InChI is InChI=1S/C19H22N2O2/c1-14(21-9-2-3-10-21)16-5-4-6-17(12-16)18-8-7-15(13-20-18)11-19(22)23/h4-8,12-14H,2-3,9-11H2,1H3,(H,22,23). The van der Waals surface area contributed by atoms with Crippen molar-refractivity contribution in [2.75, 3.05) is 13.1 Å². The number of nitrogens with zero attached hydrogens (tertiary/aromatic N) is 2. The molecular weight excluding hydrogens is 288 g/mol. The molecule has 1 aliphatic rings. The minimum Gasteiger partial charge on any atom is -0.481 e. The third-order valence-corrected chi connectivity index (χ3v) is 4.53. The topological polar surface area (TPSA) is 53.4 Å². The van der Waals surface area contributed by atoms with Crippen LogP contribution in [0.25, 0.3) is 11.3 Å². The predicted octanol–water partition coefficient (Wildman–Crippen LogP) is 3.53. The van der Waals surface area contributed by atoms with Crippen LogP contribution in [0.5, 0.6) is 0 Å². The van der Waals surface area contributed by atoms with E-state index >= 15 is 0 Å². The molecule has 23 heavy (non-hydrogen) atoms. The number of hydrogen-bond acceptors (Lipinski definition) is 3. The van der Waals surface area contributed by atoms with E-state index in [1.807, 2.05) is 12.1 Å². The number of carboxylic acids is 1. The molecule has 1 aromatic heterocycles. The second kappa shape index (κ2) is 6.92. The summed E-state index contributed by atoms with van der Waals surface area (Å²) in [5.74, 6) is -0.832. The first-order valence-corrected chi connectivity index (χ1v) is 8.14. The molecule has 1 saturated heterocycles. The highest BCUT2D eigenvalue weighted by molar-refractivity contribution is 5.70. The zero-order chi connectivity index (χ0) is 16.2. The number of aromatic nitrogens is 1. The molecule has 120 valence electrons. The SMILES string of the molecule is CC(c1cccc(-c2ccc(CC(=O)O)cn2)c1)N1CCCC1. The molecule has 0 aliphatic carbocycles. The lowest BCUT2D eigenvalue weighted by atomic mass is 10.0. The summed E-state index contributed by atoms with van der Waals surface area (Å²) in [6, 6.07) is 12.7. The van der Waals surface area contributed by atoms with Crippen LogP contribution < -0.4 is 0 Å². The Morgan fingerprint density at radius 1 is 1.26 bits per heavy atom. The van der Waals surface area contributed by atoms with E-state index in [-0.39, 0.29) is 6.42 Å². The Balaban J connectivity index is 1.80. The van der Waals surface area contributed by atoms with Gasteiger partial charge in [0.1, 0.15) is 0 Å². The van der Waals surface area contributed by atoms with Crippen LogP contribution in [0.15, 0.2) is 42.6 Å². The van der Waals surface area contributed by atoms with Crippen LogP contribution in [0.4, 0.5) is 0 Å². The summed E-state index contributed by atoms with van der Waals surface area (Å²) in [5, 5.41) is 8.82. The molecular formula is C19H22N2O2. The molecule has 3 rings (SSSR count). The Kier molecular flexibility index (Phi) is 4.72. The van der Waals surface area contributed by atoms with E-state index in [2.05, 4.69) is 41.1 Å². The van der Waals surface area contributed by atoms with Crippen LogP contribution >= 0.6 is 0 Å². The normalized spacial score (nSPS) is 16.4. The second-order valence-electron chi connectivity index (χ2n) is 6.17. The number of pyridine rings is 1. The Labute approximate surface area is 136 Å². The van der Waals surface area contributed by atoms with Crippen LogP contribution in [0.3, 0.4) is 0 Å². The smallest absolute Gasteiger partial charge is 0.307 e. The van der Waals surface area contributed by atoms with Crippen LogP contribution in [-0.4, -0.2) is 34.0 Å². The van der Waals surface area contributed by atoms with E-state index in [9.17, 15) is 4.79 Å². The van der Waals surface area contributed by atoms with Crippen molar-refractivity contribution in [1.82, 2.24) is 9.88 Å². The van der Waals surface area contributed by atoms with Gasteiger partial charge in [-0.1, -0.05) is 24.3 Å². The zero-order valence-corrected chi connectivity index (χ0v) is 13.4. The third kappa shape index (κ3) is 3.77. The van der Waals surface area contributed by atoms with E-state index < -0.39 is 5.97 Å². The Morgan fingerprint density at radius 3 is 2.70 bits per heavy atom. The van der Waals surface area contributed by atoms with E-state index in [1.165, 1.54) is 31.5 Å². The second-order valence-corrected chi connectivity index (χ2v) is 6.17. The number of hydrogen-bond donors (Lipinski definition) is 1. The summed E-state index contributed by atoms with van der Waals surface area (Å²) in [4.78, 5) is 17.7. The highest BCUT2D eigenvalue weighted by Crippen LogP contribution is 2.27. The molecule has 1 aliphatic heterocycles. The third-order valence-electron chi connectivity index (χ3n) is 4.53. The van der Waals surface area contributed by atoms with Crippen LogP contribution in [0.1, 0.15) is 36.9 Å². The summed E-state index contributed by atoms with van der Waals surface area (Å²) in [7, 11) is 0. The Hall–Kier alpha value is -2.20. The number of benzene rings is 1. The largest absolute Gasteiger partial charge is 0.481 e. The summed E-state index contributed by atoms with van der Waals surface area (Å²) in [6.45, 7) is 4.61. The van der Waals surface area contributed by atoms with Gasteiger partial charge in [-0.2, -0.15) is 0 Å². The number of rotatable bonds is 5. The number of aliphatic carboxylic acids is 1. The van der Waals surface area contributed by atoms with Crippen molar-refractivity contribution < 1.29 is 9.90 Å². The first-order chi connectivity index (χ1) is 11.1. The molecule has 1 N–H and O–H groups in total. The van der Waals surface area contributed by atoms with Gasteiger partial charge in [-0.15, -0.1) is 0 Å². The average molecular weight is 310 g/mol. The summed E-state index contributed by atoms with van der Waals surface area (Å²) < 4.78 is 0. The minimum absolute atomic E-state index is 0.0132. The van der Waals surface area contributed by atoms with Crippen molar-refractivity contribution >= 4 is 5.97 Å². The van der Waals surface area contributed by atoms with Crippen molar-refractivity contribution in [2.45, 2.75) is 32.2 Å². The predicted molar refractivity (Wildman–Crippen MR) is 90.2 cm³/mol. The molecule has 4 nitrogen and oxygen atoms in total.